The van der Waals surface area contributed by atoms with E-state index in [4.69, 9.17) is 9.47 Å². The van der Waals surface area contributed by atoms with Crippen molar-refractivity contribution in [3.05, 3.63) is 0 Å². The topological polar surface area (TPSA) is 59.0 Å². The Morgan fingerprint density at radius 1 is 1.40 bits per heavy atom. The fraction of sp³-hybridized carbons (Fsp3) is 0.929. The molecule has 20 heavy (non-hydrogen) atoms. The number of rotatable bonds is 3. The van der Waals surface area contributed by atoms with Crippen LogP contribution in [0.4, 0.5) is 4.39 Å². The molecule has 0 aromatic carbocycles. The molecular formula is C14H24FNO4. The monoisotopic (exact) mass is 289 g/mol. The number of piperidine rings is 1. The van der Waals surface area contributed by atoms with E-state index in [1.54, 1.807) is 13.8 Å². The first-order valence-electron chi connectivity index (χ1n) is 7.22. The van der Waals surface area contributed by atoms with E-state index in [2.05, 4.69) is 0 Å². The molecule has 0 aromatic rings. The molecule has 6 heteroatoms. The van der Waals surface area contributed by atoms with E-state index in [1.165, 1.54) is 4.90 Å². The van der Waals surface area contributed by atoms with Crippen molar-refractivity contribution in [2.24, 2.45) is 0 Å². The van der Waals surface area contributed by atoms with Crippen molar-refractivity contribution in [1.29, 1.82) is 0 Å². The number of carbonyl (C=O) groups excluding carboxylic acids is 1. The van der Waals surface area contributed by atoms with E-state index in [9.17, 15) is 14.3 Å². The van der Waals surface area contributed by atoms with E-state index in [1.807, 2.05) is 0 Å². The van der Waals surface area contributed by atoms with Gasteiger partial charge >= 0.3 is 0 Å². The number of aliphatic hydroxyl groups excluding tert-OH is 1. The Morgan fingerprint density at radius 2 is 2.00 bits per heavy atom. The van der Waals surface area contributed by atoms with Gasteiger partial charge in [-0.05, 0) is 40.0 Å². The number of alkyl halides is 1. The molecule has 2 heterocycles. The van der Waals surface area contributed by atoms with Crippen molar-refractivity contribution >= 4 is 5.91 Å². The molecule has 0 aliphatic carbocycles. The van der Waals surface area contributed by atoms with Crippen LogP contribution in [0, 0.1) is 0 Å². The van der Waals surface area contributed by atoms with Crippen molar-refractivity contribution in [2.75, 3.05) is 19.7 Å². The molecule has 1 N–H and O–H groups in total. The zero-order valence-electron chi connectivity index (χ0n) is 12.4. The minimum Gasteiger partial charge on any atom is -0.386 e. The van der Waals surface area contributed by atoms with Gasteiger partial charge < -0.3 is 19.5 Å². The van der Waals surface area contributed by atoms with Crippen LogP contribution in [0.3, 0.4) is 0 Å². The molecular weight excluding hydrogens is 265 g/mol. The SMILES string of the molecule is CC1(C)OC[C@H]([C@@H](O)[C@@](C)(F)C(=O)N2CCCCC2)O1. The maximum atomic E-state index is 14.8. The number of hydrogen-bond donors (Lipinski definition) is 1. The number of amides is 1. The second kappa shape index (κ2) is 5.58. The van der Waals surface area contributed by atoms with Crippen LogP contribution in [-0.2, 0) is 14.3 Å². The van der Waals surface area contributed by atoms with Crippen molar-refractivity contribution in [3.8, 4) is 0 Å². The number of ether oxygens (including phenoxy) is 2. The summed E-state index contributed by atoms with van der Waals surface area (Å²) in [4.78, 5) is 13.8. The van der Waals surface area contributed by atoms with E-state index in [0.29, 0.717) is 13.1 Å². The largest absolute Gasteiger partial charge is 0.386 e. The molecule has 5 nitrogen and oxygen atoms in total. The number of halogens is 1. The first-order valence-corrected chi connectivity index (χ1v) is 7.22. The van der Waals surface area contributed by atoms with Crippen LogP contribution < -0.4 is 0 Å². The quantitative estimate of drug-likeness (QED) is 0.849. The minimum absolute atomic E-state index is 0.0843. The Morgan fingerprint density at radius 3 is 2.50 bits per heavy atom. The van der Waals surface area contributed by atoms with Gasteiger partial charge in [-0.15, -0.1) is 0 Å². The third kappa shape index (κ3) is 3.13. The zero-order valence-corrected chi connectivity index (χ0v) is 12.4. The highest BCUT2D eigenvalue weighted by atomic mass is 19.1. The molecule has 2 aliphatic rings. The fourth-order valence-electron chi connectivity index (χ4n) is 2.75. The average molecular weight is 289 g/mol. The number of carbonyl (C=O) groups is 1. The van der Waals surface area contributed by atoms with Crippen LogP contribution in [0.1, 0.15) is 40.0 Å². The highest BCUT2D eigenvalue weighted by Gasteiger charge is 2.51. The lowest BCUT2D eigenvalue weighted by Crippen LogP contribution is -2.56. The molecule has 2 rings (SSSR count). The summed E-state index contributed by atoms with van der Waals surface area (Å²) in [5.74, 6) is -1.51. The second-order valence-corrected chi connectivity index (χ2v) is 6.24. The standard InChI is InChI=1S/C14H24FNO4/c1-13(2)19-9-10(20-13)11(17)14(3,15)12(18)16-7-5-4-6-8-16/h10-11,17H,4-9H2,1-3H3/t10-,11-,14-/m1/s1. The van der Waals surface area contributed by atoms with Gasteiger partial charge in [-0.25, -0.2) is 4.39 Å². The molecule has 2 aliphatic heterocycles. The molecule has 2 fully saturated rings. The van der Waals surface area contributed by atoms with Gasteiger partial charge in [0.05, 0.1) is 6.61 Å². The summed E-state index contributed by atoms with van der Waals surface area (Å²) in [6.45, 7) is 5.71. The summed E-state index contributed by atoms with van der Waals surface area (Å²) in [5.41, 5.74) is -2.36. The van der Waals surface area contributed by atoms with Gasteiger partial charge in [0.15, 0.2) is 5.79 Å². The van der Waals surface area contributed by atoms with E-state index >= 15 is 0 Å². The molecule has 0 bridgehead atoms. The second-order valence-electron chi connectivity index (χ2n) is 6.24. The fourth-order valence-corrected chi connectivity index (χ4v) is 2.75. The Balaban J connectivity index is 2.03. The third-order valence-electron chi connectivity index (χ3n) is 4.00. The van der Waals surface area contributed by atoms with E-state index < -0.39 is 29.6 Å². The number of nitrogens with zero attached hydrogens (tertiary/aromatic N) is 1. The molecule has 0 radical (unpaired) electrons. The normalized spacial score (nSPS) is 30.9. The predicted molar refractivity (Wildman–Crippen MR) is 70.9 cm³/mol. The first kappa shape index (κ1) is 15.7. The predicted octanol–water partition coefficient (Wildman–Crippen LogP) is 1.24. The molecule has 0 spiro atoms. The highest BCUT2D eigenvalue weighted by molar-refractivity contribution is 5.85. The summed E-state index contributed by atoms with van der Waals surface area (Å²) >= 11 is 0. The lowest BCUT2D eigenvalue weighted by atomic mass is 9.94. The Hall–Kier alpha value is -0.720. The van der Waals surface area contributed by atoms with Gasteiger partial charge in [-0.2, -0.15) is 0 Å². The van der Waals surface area contributed by atoms with Gasteiger partial charge in [0.1, 0.15) is 12.2 Å². The lowest BCUT2D eigenvalue weighted by Gasteiger charge is -2.35. The van der Waals surface area contributed by atoms with E-state index in [0.717, 1.165) is 26.2 Å². The average Bonchev–Trinajstić information content (AvgIpc) is 2.78. The summed E-state index contributed by atoms with van der Waals surface area (Å²) < 4.78 is 25.6. The summed E-state index contributed by atoms with van der Waals surface area (Å²) in [6.07, 6.45) is 0.470. The van der Waals surface area contributed by atoms with Gasteiger partial charge in [0.2, 0.25) is 5.67 Å². The summed E-state index contributed by atoms with van der Waals surface area (Å²) in [7, 11) is 0. The van der Waals surface area contributed by atoms with Crippen LogP contribution >= 0.6 is 0 Å². The van der Waals surface area contributed by atoms with Crippen molar-refractivity contribution in [3.63, 3.8) is 0 Å². The van der Waals surface area contributed by atoms with E-state index in [-0.39, 0.29) is 6.61 Å². The van der Waals surface area contributed by atoms with Crippen LogP contribution in [0.25, 0.3) is 0 Å². The minimum atomic E-state index is -2.36. The maximum Gasteiger partial charge on any atom is 0.262 e. The molecule has 3 atom stereocenters. The Labute approximate surface area is 119 Å². The van der Waals surface area contributed by atoms with Crippen LogP contribution in [0.15, 0.2) is 0 Å². The summed E-state index contributed by atoms with van der Waals surface area (Å²) in [6, 6.07) is 0. The van der Waals surface area contributed by atoms with Gasteiger partial charge in [-0.3, -0.25) is 4.79 Å². The molecule has 1 amide bonds. The molecule has 0 unspecified atom stereocenters. The van der Waals surface area contributed by atoms with Crippen molar-refractivity contribution < 1.29 is 23.8 Å². The highest BCUT2D eigenvalue weighted by Crippen LogP contribution is 2.31. The van der Waals surface area contributed by atoms with Gasteiger partial charge in [0, 0.05) is 13.1 Å². The van der Waals surface area contributed by atoms with Gasteiger partial charge in [0.25, 0.3) is 5.91 Å². The summed E-state index contributed by atoms with van der Waals surface area (Å²) in [5, 5.41) is 10.2. The maximum absolute atomic E-state index is 14.8. The number of hydrogen-bond acceptors (Lipinski definition) is 4. The third-order valence-corrected chi connectivity index (χ3v) is 4.00. The molecule has 116 valence electrons. The van der Waals surface area contributed by atoms with Crippen molar-refractivity contribution in [2.45, 2.75) is 63.7 Å². The zero-order chi connectivity index (χ0) is 15.0. The number of likely N-dealkylation sites (tertiary alicyclic amines) is 1. The van der Waals surface area contributed by atoms with Crippen LogP contribution in [0.5, 0.6) is 0 Å². The Bertz CT molecular complexity index is 366. The molecule has 2 saturated heterocycles. The lowest BCUT2D eigenvalue weighted by molar-refractivity contribution is -0.176. The molecule has 0 saturated carbocycles. The Kier molecular flexibility index (Phi) is 4.37. The number of aliphatic hydroxyl groups is 1. The smallest absolute Gasteiger partial charge is 0.262 e. The first-order chi connectivity index (χ1) is 9.24. The van der Waals surface area contributed by atoms with Crippen molar-refractivity contribution in [1.82, 2.24) is 4.90 Å². The van der Waals surface area contributed by atoms with Crippen LogP contribution in [-0.4, -0.2) is 59.3 Å². The van der Waals surface area contributed by atoms with Crippen LogP contribution in [0.2, 0.25) is 0 Å². The molecule has 0 aromatic heterocycles. The van der Waals surface area contributed by atoms with Gasteiger partial charge in [-0.1, -0.05) is 0 Å².